The summed E-state index contributed by atoms with van der Waals surface area (Å²) in [6.07, 6.45) is 0. The van der Waals surface area contributed by atoms with E-state index in [4.69, 9.17) is 9.47 Å². The summed E-state index contributed by atoms with van der Waals surface area (Å²) in [5, 5.41) is 0. The Bertz CT molecular complexity index is 492. The normalized spacial score (nSPS) is 20.9. The molecule has 2 aliphatic heterocycles. The molecule has 2 saturated heterocycles. The molecule has 0 aliphatic carbocycles. The zero-order chi connectivity index (χ0) is 17.5. The van der Waals surface area contributed by atoms with Crippen LogP contribution in [0.1, 0.15) is 19.4 Å². The highest BCUT2D eigenvalue weighted by Crippen LogP contribution is 2.15. The largest absolute Gasteiger partial charge is 0.492 e. The van der Waals surface area contributed by atoms with Crippen molar-refractivity contribution in [2.24, 2.45) is 0 Å². The molecule has 0 unspecified atom stereocenters. The van der Waals surface area contributed by atoms with Gasteiger partial charge in [0.05, 0.1) is 13.2 Å². The van der Waals surface area contributed by atoms with Gasteiger partial charge in [-0.1, -0.05) is 12.1 Å². The molecule has 5 heteroatoms. The van der Waals surface area contributed by atoms with Crippen LogP contribution in [0.15, 0.2) is 24.3 Å². The number of piperazine rings is 1. The Kier molecular flexibility index (Phi) is 7.11. The molecule has 140 valence electrons. The van der Waals surface area contributed by atoms with Crippen molar-refractivity contribution < 1.29 is 9.47 Å². The van der Waals surface area contributed by atoms with Crippen LogP contribution < -0.4 is 4.74 Å². The van der Waals surface area contributed by atoms with E-state index in [0.717, 1.165) is 64.8 Å². The molecule has 3 rings (SSSR count). The van der Waals surface area contributed by atoms with Crippen LogP contribution in [-0.4, -0.2) is 86.4 Å². The maximum absolute atomic E-state index is 5.89. The first-order chi connectivity index (χ1) is 12.2. The van der Waals surface area contributed by atoms with Crippen molar-refractivity contribution in [3.05, 3.63) is 29.8 Å². The lowest BCUT2D eigenvalue weighted by Crippen LogP contribution is -2.48. The van der Waals surface area contributed by atoms with Crippen LogP contribution in [0.5, 0.6) is 5.75 Å². The van der Waals surface area contributed by atoms with E-state index >= 15 is 0 Å². The average molecular weight is 348 g/mol. The summed E-state index contributed by atoms with van der Waals surface area (Å²) in [5.74, 6) is 0.974. The zero-order valence-electron chi connectivity index (χ0n) is 15.8. The third kappa shape index (κ3) is 5.96. The Morgan fingerprint density at radius 1 is 0.920 bits per heavy atom. The Hall–Kier alpha value is -1.14. The van der Waals surface area contributed by atoms with E-state index in [9.17, 15) is 0 Å². The Balaban J connectivity index is 1.37. The summed E-state index contributed by atoms with van der Waals surface area (Å²) in [6.45, 7) is 15.8. The van der Waals surface area contributed by atoms with E-state index in [1.165, 1.54) is 18.7 Å². The highest BCUT2D eigenvalue weighted by atomic mass is 16.5. The lowest BCUT2D eigenvalue weighted by atomic mass is 10.2. The fourth-order valence-electron chi connectivity index (χ4n) is 3.50. The van der Waals surface area contributed by atoms with Gasteiger partial charge in [-0.3, -0.25) is 14.7 Å². The standard InChI is InChI=1S/C20H33N3O2/c1-18(2)23-9-7-22(8-10-23)17-19-3-5-20(6-4-19)25-16-13-21-11-14-24-15-12-21/h3-6,18H,7-17H2,1-2H3. The minimum Gasteiger partial charge on any atom is -0.492 e. The van der Waals surface area contributed by atoms with Crippen LogP contribution in [0.25, 0.3) is 0 Å². The van der Waals surface area contributed by atoms with Gasteiger partial charge < -0.3 is 9.47 Å². The summed E-state index contributed by atoms with van der Waals surface area (Å²) < 4.78 is 11.3. The molecule has 0 saturated carbocycles. The fraction of sp³-hybridized carbons (Fsp3) is 0.700. The summed E-state index contributed by atoms with van der Waals surface area (Å²) in [4.78, 5) is 7.50. The highest BCUT2D eigenvalue weighted by molar-refractivity contribution is 5.27. The molecule has 2 heterocycles. The molecule has 1 aromatic carbocycles. The van der Waals surface area contributed by atoms with E-state index < -0.39 is 0 Å². The smallest absolute Gasteiger partial charge is 0.119 e. The molecule has 25 heavy (non-hydrogen) atoms. The molecule has 0 radical (unpaired) electrons. The predicted molar refractivity (Wildman–Crippen MR) is 101 cm³/mol. The summed E-state index contributed by atoms with van der Waals surface area (Å²) in [6, 6.07) is 9.30. The molecule has 1 aromatic rings. The van der Waals surface area contributed by atoms with Gasteiger partial charge in [0.25, 0.3) is 0 Å². The second-order valence-corrected chi connectivity index (χ2v) is 7.35. The van der Waals surface area contributed by atoms with Gasteiger partial charge in [-0.25, -0.2) is 0 Å². The number of hydrogen-bond donors (Lipinski definition) is 0. The van der Waals surface area contributed by atoms with E-state index in [-0.39, 0.29) is 0 Å². The number of ether oxygens (including phenoxy) is 2. The number of nitrogens with zero attached hydrogens (tertiary/aromatic N) is 3. The summed E-state index contributed by atoms with van der Waals surface area (Å²) in [7, 11) is 0. The van der Waals surface area contributed by atoms with Crippen molar-refractivity contribution in [2.75, 3.05) is 65.6 Å². The quantitative estimate of drug-likeness (QED) is 0.751. The lowest BCUT2D eigenvalue weighted by molar-refractivity contribution is 0.0322. The lowest BCUT2D eigenvalue weighted by Gasteiger charge is -2.36. The molecular weight excluding hydrogens is 314 g/mol. The Morgan fingerprint density at radius 3 is 2.24 bits per heavy atom. The molecule has 0 amide bonds. The van der Waals surface area contributed by atoms with Gasteiger partial charge in [-0.2, -0.15) is 0 Å². The van der Waals surface area contributed by atoms with Gasteiger partial charge >= 0.3 is 0 Å². The summed E-state index contributed by atoms with van der Waals surface area (Å²) >= 11 is 0. The van der Waals surface area contributed by atoms with Crippen LogP contribution in [-0.2, 0) is 11.3 Å². The number of rotatable bonds is 7. The highest BCUT2D eigenvalue weighted by Gasteiger charge is 2.18. The van der Waals surface area contributed by atoms with Crippen LogP contribution in [0.2, 0.25) is 0 Å². The minimum atomic E-state index is 0.663. The van der Waals surface area contributed by atoms with E-state index in [0.29, 0.717) is 6.04 Å². The van der Waals surface area contributed by atoms with Crippen LogP contribution in [0, 0.1) is 0 Å². The van der Waals surface area contributed by atoms with Gasteiger partial charge in [-0.05, 0) is 31.5 Å². The van der Waals surface area contributed by atoms with Gasteiger partial charge in [0.15, 0.2) is 0 Å². The maximum Gasteiger partial charge on any atom is 0.119 e. The Labute approximate surface area is 152 Å². The first kappa shape index (κ1) is 18.6. The molecule has 0 spiro atoms. The average Bonchev–Trinajstić information content (AvgIpc) is 2.64. The maximum atomic E-state index is 5.89. The molecule has 5 nitrogen and oxygen atoms in total. The fourth-order valence-corrected chi connectivity index (χ4v) is 3.50. The van der Waals surface area contributed by atoms with Crippen molar-refractivity contribution in [1.29, 1.82) is 0 Å². The topological polar surface area (TPSA) is 28.2 Å². The number of benzene rings is 1. The molecule has 0 N–H and O–H groups in total. The first-order valence-electron chi connectivity index (χ1n) is 9.69. The van der Waals surface area contributed by atoms with Crippen LogP contribution in [0.4, 0.5) is 0 Å². The second-order valence-electron chi connectivity index (χ2n) is 7.35. The van der Waals surface area contributed by atoms with Crippen molar-refractivity contribution in [1.82, 2.24) is 14.7 Å². The second kappa shape index (κ2) is 9.53. The SMILES string of the molecule is CC(C)N1CCN(Cc2ccc(OCCN3CCOCC3)cc2)CC1. The van der Waals surface area contributed by atoms with E-state index in [1.807, 2.05) is 0 Å². The van der Waals surface area contributed by atoms with Gasteiger partial charge in [0, 0.05) is 58.4 Å². The number of hydrogen-bond acceptors (Lipinski definition) is 5. The first-order valence-corrected chi connectivity index (χ1v) is 9.69. The molecule has 0 atom stereocenters. The van der Waals surface area contributed by atoms with Crippen molar-refractivity contribution >= 4 is 0 Å². The van der Waals surface area contributed by atoms with E-state index in [1.54, 1.807) is 0 Å². The molecular formula is C20H33N3O2. The van der Waals surface area contributed by atoms with Crippen molar-refractivity contribution in [2.45, 2.75) is 26.4 Å². The molecule has 0 aromatic heterocycles. The van der Waals surface area contributed by atoms with E-state index in [2.05, 4.69) is 52.8 Å². The van der Waals surface area contributed by atoms with Gasteiger partial charge in [0.1, 0.15) is 12.4 Å². The third-order valence-corrected chi connectivity index (χ3v) is 5.25. The van der Waals surface area contributed by atoms with Gasteiger partial charge in [-0.15, -0.1) is 0 Å². The molecule has 2 fully saturated rings. The van der Waals surface area contributed by atoms with Crippen LogP contribution >= 0.6 is 0 Å². The van der Waals surface area contributed by atoms with Crippen molar-refractivity contribution in [3.63, 3.8) is 0 Å². The molecule has 0 bridgehead atoms. The van der Waals surface area contributed by atoms with Crippen LogP contribution in [0.3, 0.4) is 0 Å². The Morgan fingerprint density at radius 2 is 1.60 bits per heavy atom. The zero-order valence-corrected chi connectivity index (χ0v) is 15.8. The minimum absolute atomic E-state index is 0.663. The van der Waals surface area contributed by atoms with Crippen molar-refractivity contribution in [3.8, 4) is 5.75 Å². The third-order valence-electron chi connectivity index (χ3n) is 5.25. The molecule has 2 aliphatic rings. The monoisotopic (exact) mass is 347 g/mol. The van der Waals surface area contributed by atoms with Gasteiger partial charge in [0.2, 0.25) is 0 Å². The summed E-state index contributed by atoms with van der Waals surface area (Å²) in [5.41, 5.74) is 1.37. The predicted octanol–water partition coefficient (Wildman–Crippen LogP) is 1.92. The number of morpholine rings is 1.